The number of rotatable bonds is 2. The van der Waals surface area contributed by atoms with Gasteiger partial charge in [-0.1, -0.05) is 6.92 Å². The second-order valence-corrected chi connectivity index (χ2v) is 4.22. The summed E-state index contributed by atoms with van der Waals surface area (Å²) in [6.45, 7) is 3.97. The molecule has 0 unspecified atom stereocenters. The Labute approximate surface area is 101 Å². The number of aromatic nitrogens is 2. The molecule has 90 valence electrons. The quantitative estimate of drug-likeness (QED) is 0.833. The lowest BCUT2D eigenvalue weighted by molar-refractivity contribution is 0.468. The van der Waals surface area contributed by atoms with E-state index in [2.05, 4.69) is 5.10 Å². The van der Waals surface area contributed by atoms with Gasteiger partial charge < -0.3 is 10.8 Å². The average Bonchev–Trinajstić information content (AvgIpc) is 2.61. The van der Waals surface area contributed by atoms with Crippen molar-refractivity contribution in [3.05, 3.63) is 29.5 Å². The first-order valence-corrected chi connectivity index (χ1v) is 5.65. The smallest absolute Gasteiger partial charge is 0.129 e. The number of anilines is 1. The Morgan fingerprint density at radius 3 is 2.59 bits per heavy atom. The Kier molecular flexibility index (Phi) is 2.79. The fraction of sp³-hybridized carbons (Fsp3) is 0.308. The third-order valence-electron chi connectivity index (χ3n) is 3.08. The highest BCUT2D eigenvalue weighted by atomic mass is 16.3. The van der Waals surface area contributed by atoms with Crippen molar-refractivity contribution in [3.8, 4) is 16.9 Å². The molecule has 1 heterocycles. The summed E-state index contributed by atoms with van der Waals surface area (Å²) in [7, 11) is 1.81. The highest BCUT2D eigenvalue weighted by molar-refractivity contribution is 5.77. The molecular weight excluding hydrogens is 214 g/mol. The van der Waals surface area contributed by atoms with Crippen LogP contribution in [0.2, 0.25) is 0 Å². The molecule has 0 saturated heterocycles. The molecule has 0 amide bonds. The summed E-state index contributed by atoms with van der Waals surface area (Å²) in [5.74, 6) is 0.983. The minimum absolute atomic E-state index is 0.344. The number of hydrogen-bond donors (Lipinski definition) is 2. The van der Waals surface area contributed by atoms with Crippen molar-refractivity contribution in [3.63, 3.8) is 0 Å². The molecule has 17 heavy (non-hydrogen) atoms. The number of nitrogens with zero attached hydrogens (tertiary/aromatic N) is 2. The minimum atomic E-state index is 0.344. The van der Waals surface area contributed by atoms with Crippen LogP contribution in [0, 0.1) is 6.92 Å². The van der Waals surface area contributed by atoms with E-state index in [0.29, 0.717) is 11.6 Å². The molecule has 4 nitrogen and oxygen atoms in total. The van der Waals surface area contributed by atoms with Gasteiger partial charge in [0.2, 0.25) is 0 Å². The molecule has 0 fully saturated rings. The molecule has 0 aliphatic rings. The lowest BCUT2D eigenvalue weighted by Crippen LogP contribution is -1.98. The maximum Gasteiger partial charge on any atom is 0.129 e. The van der Waals surface area contributed by atoms with Crippen LogP contribution in [0.25, 0.3) is 11.1 Å². The Hall–Kier alpha value is -1.97. The van der Waals surface area contributed by atoms with Crippen molar-refractivity contribution in [2.75, 3.05) is 5.73 Å². The van der Waals surface area contributed by atoms with Crippen LogP contribution in [-0.4, -0.2) is 14.9 Å². The molecule has 0 saturated carbocycles. The van der Waals surface area contributed by atoms with Crippen molar-refractivity contribution < 1.29 is 5.11 Å². The zero-order valence-corrected chi connectivity index (χ0v) is 10.4. The Morgan fingerprint density at radius 1 is 1.35 bits per heavy atom. The number of benzene rings is 1. The van der Waals surface area contributed by atoms with Gasteiger partial charge in [0.05, 0.1) is 6.20 Å². The normalized spacial score (nSPS) is 10.8. The van der Waals surface area contributed by atoms with Gasteiger partial charge in [-0.3, -0.25) is 4.68 Å². The van der Waals surface area contributed by atoms with E-state index in [-0.39, 0.29) is 0 Å². The summed E-state index contributed by atoms with van der Waals surface area (Å²) >= 11 is 0. The Morgan fingerprint density at radius 2 is 2.06 bits per heavy atom. The predicted octanol–water partition coefficient (Wildman–Crippen LogP) is 2.25. The third-order valence-corrected chi connectivity index (χ3v) is 3.08. The molecule has 2 rings (SSSR count). The number of phenols is 1. The van der Waals surface area contributed by atoms with Gasteiger partial charge in [-0.2, -0.15) is 5.10 Å². The summed E-state index contributed by atoms with van der Waals surface area (Å²) in [4.78, 5) is 0. The summed E-state index contributed by atoms with van der Waals surface area (Å²) < 4.78 is 1.65. The Balaban J connectivity index is 2.63. The van der Waals surface area contributed by atoms with E-state index in [4.69, 9.17) is 5.73 Å². The van der Waals surface area contributed by atoms with Crippen LogP contribution in [0.4, 0.5) is 5.82 Å². The first-order valence-electron chi connectivity index (χ1n) is 5.65. The van der Waals surface area contributed by atoms with Gasteiger partial charge in [0.15, 0.2) is 0 Å². The van der Waals surface area contributed by atoms with E-state index in [1.165, 1.54) is 0 Å². The summed E-state index contributed by atoms with van der Waals surface area (Å²) in [6, 6.07) is 3.76. The van der Waals surface area contributed by atoms with Crippen LogP contribution < -0.4 is 5.73 Å². The molecule has 0 aliphatic carbocycles. The van der Waals surface area contributed by atoms with Gasteiger partial charge >= 0.3 is 0 Å². The number of nitrogen functional groups attached to an aromatic ring is 1. The molecule has 4 heteroatoms. The second-order valence-electron chi connectivity index (χ2n) is 4.22. The molecule has 0 aliphatic heterocycles. The van der Waals surface area contributed by atoms with Crippen LogP contribution in [0.3, 0.4) is 0 Å². The van der Waals surface area contributed by atoms with Crippen molar-refractivity contribution in [2.45, 2.75) is 20.3 Å². The van der Waals surface area contributed by atoms with Crippen molar-refractivity contribution >= 4 is 5.82 Å². The minimum Gasteiger partial charge on any atom is -0.508 e. The van der Waals surface area contributed by atoms with Crippen molar-refractivity contribution in [2.24, 2.45) is 7.05 Å². The number of aromatic hydroxyl groups is 1. The largest absolute Gasteiger partial charge is 0.508 e. The van der Waals surface area contributed by atoms with Crippen LogP contribution in [-0.2, 0) is 13.5 Å². The van der Waals surface area contributed by atoms with Crippen LogP contribution in [0.15, 0.2) is 18.3 Å². The highest BCUT2D eigenvalue weighted by Crippen LogP contribution is 2.32. The molecule has 3 N–H and O–H groups in total. The fourth-order valence-electron chi connectivity index (χ4n) is 1.97. The third kappa shape index (κ3) is 1.86. The van der Waals surface area contributed by atoms with E-state index >= 15 is 0 Å². The molecule has 0 bridgehead atoms. The lowest BCUT2D eigenvalue weighted by Gasteiger charge is -2.09. The summed E-state index contributed by atoms with van der Waals surface area (Å²) in [6.07, 6.45) is 2.55. The SMILES string of the molecule is CCc1cc(-c2cnn(C)c2N)c(C)cc1O. The molecule has 0 atom stereocenters. The van der Waals surface area contributed by atoms with E-state index in [1.807, 2.05) is 27.0 Å². The molecule has 0 spiro atoms. The predicted molar refractivity (Wildman–Crippen MR) is 68.8 cm³/mol. The zero-order chi connectivity index (χ0) is 12.6. The molecular formula is C13H17N3O. The van der Waals surface area contributed by atoms with Crippen LogP contribution >= 0.6 is 0 Å². The van der Waals surface area contributed by atoms with Gasteiger partial charge in [0, 0.05) is 12.6 Å². The standard InChI is InChI=1S/C13H17N3O/c1-4-9-6-10(8(2)5-12(9)17)11-7-15-16(3)13(11)14/h5-7,17H,4,14H2,1-3H3. The average molecular weight is 231 g/mol. The molecule has 1 aromatic heterocycles. The van der Waals surface area contributed by atoms with Gasteiger partial charge in [-0.25, -0.2) is 0 Å². The van der Waals surface area contributed by atoms with E-state index in [0.717, 1.165) is 28.7 Å². The van der Waals surface area contributed by atoms with Crippen molar-refractivity contribution in [1.29, 1.82) is 0 Å². The van der Waals surface area contributed by atoms with Crippen molar-refractivity contribution in [1.82, 2.24) is 9.78 Å². The first-order chi connectivity index (χ1) is 8.04. The summed E-state index contributed by atoms with van der Waals surface area (Å²) in [5, 5.41) is 13.9. The second kappa shape index (κ2) is 4.13. The first kappa shape index (κ1) is 11.5. The number of nitrogens with two attached hydrogens (primary N) is 1. The topological polar surface area (TPSA) is 64.1 Å². The maximum absolute atomic E-state index is 9.79. The van der Waals surface area contributed by atoms with Gasteiger partial charge in [0.25, 0.3) is 0 Å². The van der Waals surface area contributed by atoms with Gasteiger partial charge in [-0.15, -0.1) is 0 Å². The monoisotopic (exact) mass is 231 g/mol. The maximum atomic E-state index is 9.79. The highest BCUT2D eigenvalue weighted by Gasteiger charge is 2.12. The molecule has 0 radical (unpaired) electrons. The Bertz CT molecular complexity index is 558. The number of aryl methyl sites for hydroxylation is 3. The number of phenolic OH excluding ortho intramolecular Hbond substituents is 1. The number of hydrogen-bond acceptors (Lipinski definition) is 3. The van der Waals surface area contributed by atoms with E-state index in [9.17, 15) is 5.11 Å². The van der Waals surface area contributed by atoms with E-state index in [1.54, 1.807) is 16.9 Å². The van der Waals surface area contributed by atoms with Gasteiger partial charge in [0.1, 0.15) is 11.6 Å². The molecule has 1 aromatic carbocycles. The van der Waals surface area contributed by atoms with Crippen LogP contribution in [0.1, 0.15) is 18.1 Å². The summed E-state index contributed by atoms with van der Waals surface area (Å²) in [5.41, 5.74) is 9.84. The van der Waals surface area contributed by atoms with Gasteiger partial charge in [-0.05, 0) is 42.2 Å². The van der Waals surface area contributed by atoms with E-state index < -0.39 is 0 Å². The van der Waals surface area contributed by atoms with Crippen LogP contribution in [0.5, 0.6) is 5.75 Å². The zero-order valence-electron chi connectivity index (χ0n) is 10.4. The fourth-order valence-corrected chi connectivity index (χ4v) is 1.97. The lowest BCUT2D eigenvalue weighted by atomic mass is 9.98. The molecule has 2 aromatic rings.